The minimum Gasteiger partial charge on any atom is -0.319 e. The van der Waals surface area contributed by atoms with Crippen molar-refractivity contribution in [2.75, 3.05) is 0 Å². The Morgan fingerprint density at radius 1 is 1.05 bits per heavy atom. The van der Waals surface area contributed by atoms with Crippen LogP contribution in [0.2, 0.25) is 0 Å². The number of alkyl halides is 2. The Balaban J connectivity index is 1.89. The van der Waals surface area contributed by atoms with Gasteiger partial charge in [-0.05, 0) is 18.1 Å². The molecular formula is C17H15F2NO. The molecule has 0 bridgehead atoms. The quantitative estimate of drug-likeness (QED) is 0.788. The van der Waals surface area contributed by atoms with E-state index < -0.39 is 17.9 Å². The van der Waals surface area contributed by atoms with E-state index in [1.54, 1.807) is 24.3 Å². The summed E-state index contributed by atoms with van der Waals surface area (Å²) in [6.07, 6.45) is 0. The molecule has 0 radical (unpaired) electrons. The molecule has 0 saturated carbocycles. The predicted molar refractivity (Wildman–Crippen MR) is 75.9 cm³/mol. The van der Waals surface area contributed by atoms with Gasteiger partial charge in [0, 0.05) is 6.54 Å². The van der Waals surface area contributed by atoms with Crippen molar-refractivity contribution < 1.29 is 13.6 Å². The number of nitrogens with zero attached hydrogens (tertiary/aromatic N) is 1. The number of hydrogen-bond acceptors (Lipinski definition) is 1. The summed E-state index contributed by atoms with van der Waals surface area (Å²) in [5, 5.41) is 0. The first-order valence-electron chi connectivity index (χ1n) is 6.79. The molecule has 108 valence electrons. The molecule has 2 aromatic carbocycles. The molecule has 1 fully saturated rings. The van der Waals surface area contributed by atoms with Crippen LogP contribution in [-0.4, -0.2) is 16.7 Å². The van der Waals surface area contributed by atoms with E-state index in [2.05, 4.69) is 0 Å². The molecular weight excluding hydrogens is 272 g/mol. The lowest BCUT2D eigenvalue weighted by molar-refractivity contribution is -0.207. The van der Waals surface area contributed by atoms with Crippen molar-refractivity contribution in [1.29, 1.82) is 0 Å². The molecule has 2 nitrogen and oxygen atoms in total. The average molecular weight is 287 g/mol. The van der Waals surface area contributed by atoms with Gasteiger partial charge >= 0.3 is 5.92 Å². The summed E-state index contributed by atoms with van der Waals surface area (Å²) in [4.78, 5) is 13.0. The summed E-state index contributed by atoms with van der Waals surface area (Å²) in [6, 6.07) is 14.9. The largest absolute Gasteiger partial charge is 0.348 e. The minimum atomic E-state index is -3.32. The molecule has 1 heterocycles. The third kappa shape index (κ3) is 2.31. The minimum absolute atomic E-state index is 0.202. The number of β-lactam (4-membered cyclic amide) rings is 1. The second-order valence-corrected chi connectivity index (χ2v) is 5.35. The van der Waals surface area contributed by atoms with Gasteiger partial charge in [-0.3, -0.25) is 4.79 Å². The highest BCUT2D eigenvalue weighted by molar-refractivity contribution is 5.91. The molecule has 1 aliphatic heterocycles. The molecule has 21 heavy (non-hydrogen) atoms. The van der Waals surface area contributed by atoms with E-state index >= 15 is 0 Å². The second kappa shape index (κ2) is 4.95. The van der Waals surface area contributed by atoms with Crippen molar-refractivity contribution in [2.45, 2.75) is 25.4 Å². The molecule has 4 heteroatoms. The lowest BCUT2D eigenvalue weighted by Gasteiger charge is -2.46. The average Bonchev–Trinajstić information content (AvgIpc) is 2.49. The van der Waals surface area contributed by atoms with Gasteiger partial charge in [0.25, 0.3) is 5.91 Å². The Labute approximate surface area is 122 Å². The Morgan fingerprint density at radius 3 is 2.29 bits per heavy atom. The van der Waals surface area contributed by atoms with E-state index in [1.807, 2.05) is 37.3 Å². The van der Waals surface area contributed by atoms with E-state index in [-0.39, 0.29) is 6.54 Å². The van der Waals surface area contributed by atoms with Crippen LogP contribution in [0.4, 0.5) is 8.78 Å². The standard InChI is InChI=1S/C17H15F2NO/c1-12-7-9-14(10-8-12)15-17(18,19)16(21)20(15)11-13-5-3-2-4-6-13/h2-10,15H,11H2,1H3/t15-/m1/s1. The van der Waals surface area contributed by atoms with Crippen LogP contribution in [0.5, 0.6) is 0 Å². The fourth-order valence-corrected chi connectivity index (χ4v) is 2.64. The van der Waals surface area contributed by atoms with Gasteiger partial charge in [0.1, 0.15) is 6.04 Å². The van der Waals surface area contributed by atoms with Crippen LogP contribution in [0, 0.1) is 6.92 Å². The van der Waals surface area contributed by atoms with Crippen LogP contribution in [0.25, 0.3) is 0 Å². The van der Waals surface area contributed by atoms with E-state index in [0.29, 0.717) is 5.56 Å². The summed E-state index contributed by atoms with van der Waals surface area (Å²) in [5.74, 6) is -4.42. The maximum Gasteiger partial charge on any atom is 0.348 e. The van der Waals surface area contributed by atoms with Gasteiger partial charge in [0.15, 0.2) is 0 Å². The van der Waals surface area contributed by atoms with Gasteiger partial charge in [0.05, 0.1) is 0 Å². The summed E-state index contributed by atoms with van der Waals surface area (Å²) in [6.45, 7) is 2.10. The van der Waals surface area contributed by atoms with Crippen molar-refractivity contribution >= 4 is 5.91 Å². The number of amides is 1. The van der Waals surface area contributed by atoms with Gasteiger partial charge in [-0.1, -0.05) is 60.2 Å². The van der Waals surface area contributed by atoms with E-state index in [9.17, 15) is 13.6 Å². The zero-order valence-electron chi connectivity index (χ0n) is 11.6. The highest BCUT2D eigenvalue weighted by Crippen LogP contribution is 2.48. The molecule has 1 amide bonds. The molecule has 2 aromatic rings. The zero-order valence-corrected chi connectivity index (χ0v) is 11.6. The number of aryl methyl sites for hydroxylation is 1. The fraction of sp³-hybridized carbons (Fsp3) is 0.235. The summed E-state index contributed by atoms with van der Waals surface area (Å²) < 4.78 is 27.9. The first kappa shape index (κ1) is 13.7. The molecule has 0 N–H and O–H groups in total. The highest BCUT2D eigenvalue weighted by Gasteiger charge is 2.63. The monoisotopic (exact) mass is 287 g/mol. The second-order valence-electron chi connectivity index (χ2n) is 5.35. The van der Waals surface area contributed by atoms with Crippen LogP contribution in [0.15, 0.2) is 54.6 Å². The smallest absolute Gasteiger partial charge is 0.319 e. The molecule has 1 aliphatic rings. The summed E-state index contributed by atoms with van der Waals surface area (Å²) in [5.41, 5.74) is 2.32. The molecule has 0 unspecified atom stereocenters. The van der Waals surface area contributed by atoms with Gasteiger partial charge in [-0.15, -0.1) is 0 Å². The van der Waals surface area contributed by atoms with Crippen LogP contribution >= 0.6 is 0 Å². The Bertz CT molecular complexity index is 652. The van der Waals surface area contributed by atoms with Gasteiger partial charge in [-0.2, -0.15) is 8.78 Å². The van der Waals surface area contributed by atoms with Crippen molar-refractivity contribution in [3.8, 4) is 0 Å². The third-order valence-corrected chi connectivity index (χ3v) is 3.79. The summed E-state index contributed by atoms with van der Waals surface area (Å²) in [7, 11) is 0. The Hall–Kier alpha value is -2.23. The number of carbonyl (C=O) groups is 1. The van der Waals surface area contributed by atoms with E-state index in [1.165, 1.54) is 4.90 Å². The SMILES string of the molecule is Cc1ccc([C@H]2N(Cc3ccccc3)C(=O)C2(F)F)cc1. The van der Waals surface area contributed by atoms with E-state index in [0.717, 1.165) is 11.1 Å². The zero-order chi connectivity index (χ0) is 15.0. The first-order chi connectivity index (χ1) is 10.00. The molecule has 0 spiro atoms. The Morgan fingerprint density at radius 2 is 1.67 bits per heavy atom. The van der Waals surface area contributed by atoms with Crippen LogP contribution in [0.1, 0.15) is 22.7 Å². The lowest BCUT2D eigenvalue weighted by atomic mass is 9.88. The van der Waals surface area contributed by atoms with Gasteiger partial charge in [0.2, 0.25) is 0 Å². The molecule has 0 aromatic heterocycles. The normalized spacial score (nSPS) is 20.2. The highest BCUT2D eigenvalue weighted by atomic mass is 19.3. The summed E-state index contributed by atoms with van der Waals surface area (Å²) >= 11 is 0. The number of hydrogen-bond donors (Lipinski definition) is 0. The van der Waals surface area contributed by atoms with E-state index in [4.69, 9.17) is 0 Å². The van der Waals surface area contributed by atoms with Crippen molar-refractivity contribution in [3.05, 3.63) is 71.3 Å². The molecule has 3 rings (SSSR count). The molecule has 1 saturated heterocycles. The van der Waals surface area contributed by atoms with Crippen LogP contribution in [0.3, 0.4) is 0 Å². The number of likely N-dealkylation sites (tertiary alicyclic amines) is 1. The fourth-order valence-electron chi connectivity index (χ4n) is 2.64. The molecule has 0 aliphatic carbocycles. The van der Waals surface area contributed by atoms with Crippen LogP contribution in [-0.2, 0) is 11.3 Å². The maximum atomic E-state index is 13.9. The van der Waals surface area contributed by atoms with Crippen molar-refractivity contribution in [2.24, 2.45) is 0 Å². The maximum absolute atomic E-state index is 13.9. The van der Waals surface area contributed by atoms with Gasteiger partial charge < -0.3 is 4.90 Å². The number of carbonyl (C=O) groups excluding carboxylic acids is 1. The topological polar surface area (TPSA) is 20.3 Å². The molecule has 1 atom stereocenters. The van der Waals surface area contributed by atoms with Gasteiger partial charge in [-0.25, -0.2) is 0 Å². The number of halogens is 2. The van der Waals surface area contributed by atoms with Crippen LogP contribution < -0.4 is 0 Å². The van der Waals surface area contributed by atoms with Crippen molar-refractivity contribution in [1.82, 2.24) is 4.90 Å². The lowest BCUT2D eigenvalue weighted by Crippen LogP contribution is -2.63. The Kier molecular flexibility index (Phi) is 3.24. The number of rotatable bonds is 3. The third-order valence-electron chi connectivity index (χ3n) is 3.79. The first-order valence-corrected chi connectivity index (χ1v) is 6.79. The number of benzene rings is 2. The predicted octanol–water partition coefficient (Wildman–Crippen LogP) is 3.71. The van der Waals surface area contributed by atoms with Crippen molar-refractivity contribution in [3.63, 3.8) is 0 Å².